The quantitative estimate of drug-likeness (QED) is 0.636. The van der Waals surface area contributed by atoms with Crippen LogP contribution in [0.5, 0.6) is 0 Å². The van der Waals surface area contributed by atoms with Crippen LogP contribution in [0.4, 0.5) is 8.78 Å². The molecule has 1 rings (SSSR count). The molecule has 12 heavy (non-hydrogen) atoms. The van der Waals surface area contributed by atoms with Gasteiger partial charge in [-0.3, -0.25) is 0 Å². The van der Waals surface area contributed by atoms with Crippen molar-refractivity contribution in [2.75, 3.05) is 0 Å². The van der Waals surface area contributed by atoms with Gasteiger partial charge in [-0.15, -0.1) is 0 Å². The van der Waals surface area contributed by atoms with Gasteiger partial charge in [0.15, 0.2) is 0 Å². The van der Waals surface area contributed by atoms with Crippen LogP contribution in [0.1, 0.15) is 17.6 Å². The Hall–Kier alpha value is -1.25. The maximum absolute atomic E-state index is 12.1. The first kappa shape index (κ1) is 8.84. The molecule has 3 heteroatoms. The molecule has 0 unspecified atom stereocenters. The first-order valence-corrected chi connectivity index (χ1v) is 3.54. The summed E-state index contributed by atoms with van der Waals surface area (Å²) in [5.74, 6) is 0. The van der Waals surface area contributed by atoms with Crippen LogP contribution >= 0.6 is 0 Å². The smallest absolute Gasteiger partial charge is 0.263 e. The number of carbonyl (C=O) groups is 1. The zero-order valence-electron chi connectivity index (χ0n) is 6.34. The fourth-order valence-corrected chi connectivity index (χ4v) is 0.952. The van der Waals surface area contributed by atoms with Crippen LogP contribution in [0.2, 0.25) is 0 Å². The number of carbonyl (C=O) groups excluding carboxylic acids is 1. The minimum absolute atomic E-state index is 0.0330. The molecule has 0 saturated carbocycles. The lowest BCUT2D eigenvalue weighted by Gasteiger charge is -2.00. The highest BCUT2D eigenvalue weighted by molar-refractivity contribution is 5.55. The second-order valence-corrected chi connectivity index (χ2v) is 2.42. The maximum atomic E-state index is 12.1. The van der Waals surface area contributed by atoms with Gasteiger partial charge in [0.1, 0.15) is 6.29 Å². The van der Waals surface area contributed by atoms with Crippen molar-refractivity contribution >= 4 is 6.29 Å². The van der Waals surface area contributed by atoms with Crippen molar-refractivity contribution < 1.29 is 13.6 Å². The van der Waals surface area contributed by atoms with Crippen LogP contribution in [0.25, 0.3) is 0 Å². The van der Waals surface area contributed by atoms with Gasteiger partial charge < -0.3 is 4.79 Å². The van der Waals surface area contributed by atoms with Crippen molar-refractivity contribution in [1.29, 1.82) is 0 Å². The second-order valence-electron chi connectivity index (χ2n) is 2.42. The Kier molecular flexibility index (Phi) is 2.91. The zero-order chi connectivity index (χ0) is 8.97. The summed E-state index contributed by atoms with van der Waals surface area (Å²) in [7, 11) is 0. The van der Waals surface area contributed by atoms with Gasteiger partial charge >= 0.3 is 0 Å². The van der Waals surface area contributed by atoms with E-state index in [1.165, 1.54) is 18.2 Å². The van der Waals surface area contributed by atoms with Crippen LogP contribution in [-0.4, -0.2) is 6.29 Å². The minimum Gasteiger partial charge on any atom is -0.303 e. The zero-order valence-corrected chi connectivity index (χ0v) is 6.34. The molecule has 0 atom stereocenters. The molecule has 0 aliphatic carbocycles. The topological polar surface area (TPSA) is 17.1 Å². The van der Waals surface area contributed by atoms with Crippen molar-refractivity contribution in [3.63, 3.8) is 0 Å². The molecule has 0 aliphatic rings. The van der Waals surface area contributed by atoms with E-state index in [9.17, 15) is 13.6 Å². The maximum Gasteiger partial charge on any atom is 0.263 e. The van der Waals surface area contributed by atoms with E-state index in [-0.39, 0.29) is 12.0 Å². The average Bonchev–Trinajstić information content (AvgIpc) is 2.05. The van der Waals surface area contributed by atoms with E-state index >= 15 is 0 Å². The Balaban J connectivity index is 2.87. The normalized spacial score (nSPS) is 10.2. The predicted molar refractivity (Wildman–Crippen MR) is 41.2 cm³/mol. The standard InChI is InChI=1S/C9H8F2O/c10-9(11)8-3-1-2-7(6-8)4-5-12/h1-3,5-6,9H,4H2. The Morgan fingerprint density at radius 2 is 2.17 bits per heavy atom. The summed E-state index contributed by atoms with van der Waals surface area (Å²) in [4.78, 5) is 10.1. The number of aldehydes is 1. The minimum atomic E-state index is -2.46. The summed E-state index contributed by atoms with van der Waals surface area (Å²) >= 11 is 0. The van der Waals surface area contributed by atoms with Crippen LogP contribution < -0.4 is 0 Å². The molecule has 0 aliphatic heterocycles. The van der Waals surface area contributed by atoms with Crippen molar-refractivity contribution in [3.05, 3.63) is 35.4 Å². The first-order valence-electron chi connectivity index (χ1n) is 3.54. The summed E-state index contributed by atoms with van der Waals surface area (Å²) in [6, 6.07) is 5.87. The Bertz CT molecular complexity index is 271. The molecule has 0 aromatic heterocycles. The van der Waals surface area contributed by atoms with Gasteiger partial charge in [0.2, 0.25) is 0 Å². The molecule has 1 nitrogen and oxygen atoms in total. The first-order chi connectivity index (χ1) is 5.74. The lowest BCUT2D eigenvalue weighted by atomic mass is 10.1. The highest BCUT2D eigenvalue weighted by Gasteiger charge is 2.06. The lowest BCUT2D eigenvalue weighted by Crippen LogP contribution is -1.89. The fourth-order valence-electron chi connectivity index (χ4n) is 0.952. The van der Waals surface area contributed by atoms with Gasteiger partial charge in [0.25, 0.3) is 6.43 Å². The Labute approximate surface area is 69.0 Å². The third kappa shape index (κ3) is 2.12. The van der Waals surface area contributed by atoms with Gasteiger partial charge in [-0.2, -0.15) is 0 Å². The largest absolute Gasteiger partial charge is 0.303 e. The van der Waals surface area contributed by atoms with E-state index < -0.39 is 6.43 Å². The second kappa shape index (κ2) is 3.95. The van der Waals surface area contributed by atoms with E-state index in [0.29, 0.717) is 11.8 Å². The molecule has 1 aromatic rings. The molecule has 1 aromatic carbocycles. The molecule has 0 amide bonds. The third-order valence-corrected chi connectivity index (χ3v) is 1.52. The van der Waals surface area contributed by atoms with Gasteiger partial charge in [0, 0.05) is 12.0 Å². The van der Waals surface area contributed by atoms with Gasteiger partial charge in [-0.1, -0.05) is 18.2 Å². The van der Waals surface area contributed by atoms with Gasteiger partial charge in [-0.05, 0) is 11.6 Å². The average molecular weight is 170 g/mol. The number of hydrogen-bond donors (Lipinski definition) is 0. The van der Waals surface area contributed by atoms with Crippen molar-refractivity contribution in [2.45, 2.75) is 12.8 Å². The van der Waals surface area contributed by atoms with Gasteiger partial charge in [0.05, 0.1) is 0 Å². The highest BCUT2D eigenvalue weighted by Crippen LogP contribution is 2.19. The molecule has 0 spiro atoms. The fraction of sp³-hybridized carbons (Fsp3) is 0.222. The molecule has 0 radical (unpaired) electrons. The summed E-state index contributed by atoms with van der Waals surface area (Å²) in [5, 5.41) is 0. The van der Waals surface area contributed by atoms with E-state index in [2.05, 4.69) is 0 Å². The molecule has 0 heterocycles. The predicted octanol–water partition coefficient (Wildman–Crippen LogP) is 2.37. The number of halogens is 2. The van der Waals surface area contributed by atoms with E-state index in [0.717, 1.165) is 0 Å². The summed E-state index contributed by atoms with van der Waals surface area (Å²) in [6.45, 7) is 0. The number of alkyl halides is 2. The SMILES string of the molecule is O=CCc1cccc(C(F)F)c1. The van der Waals surface area contributed by atoms with Crippen molar-refractivity contribution in [3.8, 4) is 0 Å². The molecule has 0 N–H and O–H groups in total. The van der Waals surface area contributed by atoms with Crippen LogP contribution in [-0.2, 0) is 11.2 Å². The van der Waals surface area contributed by atoms with E-state index in [4.69, 9.17) is 0 Å². The monoisotopic (exact) mass is 170 g/mol. The van der Waals surface area contributed by atoms with Crippen LogP contribution in [0, 0.1) is 0 Å². The number of rotatable bonds is 3. The number of hydrogen-bond acceptors (Lipinski definition) is 1. The molecule has 0 bridgehead atoms. The van der Waals surface area contributed by atoms with Gasteiger partial charge in [-0.25, -0.2) is 8.78 Å². The molecule has 0 saturated heterocycles. The molecular weight excluding hydrogens is 162 g/mol. The Morgan fingerprint density at radius 3 is 2.75 bits per heavy atom. The van der Waals surface area contributed by atoms with E-state index in [1.807, 2.05) is 0 Å². The van der Waals surface area contributed by atoms with Crippen molar-refractivity contribution in [1.82, 2.24) is 0 Å². The summed E-state index contributed by atoms with van der Waals surface area (Å²) in [5.41, 5.74) is 0.595. The number of benzene rings is 1. The van der Waals surface area contributed by atoms with E-state index in [1.54, 1.807) is 6.07 Å². The molecule has 64 valence electrons. The summed E-state index contributed by atoms with van der Waals surface area (Å²) in [6.07, 6.45) is -1.57. The Morgan fingerprint density at radius 1 is 1.42 bits per heavy atom. The molecular formula is C9H8F2O. The van der Waals surface area contributed by atoms with Crippen LogP contribution in [0.3, 0.4) is 0 Å². The lowest BCUT2D eigenvalue weighted by molar-refractivity contribution is -0.107. The third-order valence-electron chi connectivity index (χ3n) is 1.52. The summed E-state index contributed by atoms with van der Waals surface area (Å²) < 4.78 is 24.2. The van der Waals surface area contributed by atoms with Crippen LogP contribution in [0.15, 0.2) is 24.3 Å². The molecule has 0 fully saturated rings. The van der Waals surface area contributed by atoms with Crippen molar-refractivity contribution in [2.24, 2.45) is 0 Å². The highest BCUT2D eigenvalue weighted by atomic mass is 19.3.